The summed E-state index contributed by atoms with van der Waals surface area (Å²) in [6.07, 6.45) is 0. The number of rotatable bonds is 3. The van der Waals surface area contributed by atoms with E-state index in [1.165, 1.54) is 11.1 Å². The smallest absolute Gasteiger partial charge is 0.252 e. The van der Waals surface area contributed by atoms with Gasteiger partial charge in [-0.1, -0.05) is 60.2 Å². The second-order valence-electron chi connectivity index (χ2n) is 5.64. The summed E-state index contributed by atoms with van der Waals surface area (Å²) < 4.78 is 0. The molecule has 0 saturated carbocycles. The Bertz CT molecular complexity index is 831. The van der Waals surface area contributed by atoms with Gasteiger partial charge in [0.05, 0.1) is 0 Å². The molecule has 0 saturated heterocycles. The molecule has 2 nitrogen and oxygen atoms in total. The van der Waals surface area contributed by atoms with E-state index in [2.05, 4.69) is 37.4 Å². The second-order valence-corrected chi connectivity index (χ2v) is 5.64. The topological polar surface area (TPSA) is 29.1 Å². The largest absolute Gasteiger partial charge is 0.348 e. The van der Waals surface area contributed by atoms with Crippen LogP contribution < -0.4 is 5.32 Å². The highest BCUT2D eigenvalue weighted by atomic mass is 16.1. The number of aryl methyl sites for hydroxylation is 2. The maximum absolute atomic E-state index is 12.5. The van der Waals surface area contributed by atoms with E-state index in [0.29, 0.717) is 6.54 Å². The van der Waals surface area contributed by atoms with Gasteiger partial charge in [-0.05, 0) is 41.8 Å². The van der Waals surface area contributed by atoms with E-state index in [-0.39, 0.29) is 5.91 Å². The minimum Gasteiger partial charge on any atom is -0.348 e. The summed E-state index contributed by atoms with van der Waals surface area (Å²) in [5.74, 6) is -0.0308. The van der Waals surface area contributed by atoms with Crippen molar-refractivity contribution in [3.63, 3.8) is 0 Å². The molecular formula is C20H19NO. The van der Waals surface area contributed by atoms with Crippen molar-refractivity contribution in [1.82, 2.24) is 5.32 Å². The normalized spacial score (nSPS) is 10.6. The minimum atomic E-state index is -0.0308. The maximum Gasteiger partial charge on any atom is 0.252 e. The molecule has 0 heterocycles. The summed E-state index contributed by atoms with van der Waals surface area (Å²) in [5.41, 5.74) is 4.32. The first kappa shape index (κ1) is 14.3. The summed E-state index contributed by atoms with van der Waals surface area (Å²) in [5, 5.41) is 5.10. The second kappa shape index (κ2) is 6.02. The molecule has 0 aromatic heterocycles. The number of amides is 1. The van der Waals surface area contributed by atoms with Crippen LogP contribution in [0.2, 0.25) is 0 Å². The number of carbonyl (C=O) groups excluding carboxylic acids is 1. The lowest BCUT2D eigenvalue weighted by Gasteiger charge is -2.10. The SMILES string of the molecule is Cc1ccc(CNC(=O)c2cccc3ccccc23)c(C)c1. The highest BCUT2D eigenvalue weighted by Gasteiger charge is 2.09. The summed E-state index contributed by atoms with van der Waals surface area (Å²) in [7, 11) is 0. The zero-order valence-electron chi connectivity index (χ0n) is 12.9. The van der Waals surface area contributed by atoms with Crippen LogP contribution in [0.15, 0.2) is 60.7 Å². The molecule has 1 amide bonds. The average Bonchev–Trinajstić information content (AvgIpc) is 2.53. The van der Waals surface area contributed by atoms with Crippen molar-refractivity contribution in [2.75, 3.05) is 0 Å². The third kappa shape index (κ3) is 2.86. The molecule has 0 radical (unpaired) electrons. The van der Waals surface area contributed by atoms with Gasteiger partial charge in [-0.25, -0.2) is 0 Å². The highest BCUT2D eigenvalue weighted by Crippen LogP contribution is 2.18. The molecule has 22 heavy (non-hydrogen) atoms. The fourth-order valence-corrected chi connectivity index (χ4v) is 2.74. The molecule has 2 heteroatoms. The molecule has 3 aromatic carbocycles. The van der Waals surface area contributed by atoms with Crippen LogP contribution in [0.4, 0.5) is 0 Å². The summed E-state index contributed by atoms with van der Waals surface area (Å²) in [4.78, 5) is 12.5. The molecule has 0 bridgehead atoms. The van der Waals surface area contributed by atoms with Crippen LogP contribution in [0, 0.1) is 13.8 Å². The molecule has 3 rings (SSSR count). The lowest BCUT2D eigenvalue weighted by atomic mass is 10.0. The predicted molar refractivity (Wildman–Crippen MR) is 91.0 cm³/mol. The summed E-state index contributed by atoms with van der Waals surface area (Å²) in [6, 6.07) is 20.1. The first-order chi connectivity index (χ1) is 10.6. The Morgan fingerprint density at radius 1 is 0.955 bits per heavy atom. The van der Waals surface area contributed by atoms with E-state index >= 15 is 0 Å². The van der Waals surface area contributed by atoms with E-state index < -0.39 is 0 Å². The molecule has 0 unspecified atom stereocenters. The Labute approximate surface area is 130 Å². The van der Waals surface area contributed by atoms with Gasteiger partial charge in [0.2, 0.25) is 0 Å². The van der Waals surface area contributed by atoms with Gasteiger partial charge in [0.1, 0.15) is 0 Å². The molecule has 3 aromatic rings. The fraction of sp³-hybridized carbons (Fsp3) is 0.150. The van der Waals surface area contributed by atoms with Crippen molar-refractivity contribution in [1.29, 1.82) is 0 Å². The monoisotopic (exact) mass is 289 g/mol. The van der Waals surface area contributed by atoms with Crippen molar-refractivity contribution in [2.24, 2.45) is 0 Å². The van der Waals surface area contributed by atoms with Crippen LogP contribution in [0.3, 0.4) is 0 Å². The Morgan fingerprint density at radius 2 is 1.73 bits per heavy atom. The zero-order chi connectivity index (χ0) is 15.5. The molecule has 0 fully saturated rings. The highest BCUT2D eigenvalue weighted by molar-refractivity contribution is 6.06. The molecule has 0 aliphatic carbocycles. The van der Waals surface area contributed by atoms with E-state index in [0.717, 1.165) is 21.9 Å². The Kier molecular flexibility index (Phi) is 3.92. The third-order valence-electron chi connectivity index (χ3n) is 3.97. The Hall–Kier alpha value is -2.61. The molecule has 1 N–H and O–H groups in total. The minimum absolute atomic E-state index is 0.0308. The Morgan fingerprint density at radius 3 is 2.55 bits per heavy atom. The van der Waals surface area contributed by atoms with E-state index in [1.807, 2.05) is 42.5 Å². The number of benzene rings is 3. The fourth-order valence-electron chi connectivity index (χ4n) is 2.74. The lowest BCUT2D eigenvalue weighted by Crippen LogP contribution is -2.23. The van der Waals surface area contributed by atoms with Crippen LogP contribution in [0.5, 0.6) is 0 Å². The van der Waals surface area contributed by atoms with Gasteiger partial charge >= 0.3 is 0 Å². The van der Waals surface area contributed by atoms with Crippen LogP contribution >= 0.6 is 0 Å². The summed E-state index contributed by atoms with van der Waals surface area (Å²) >= 11 is 0. The molecule has 0 aliphatic heterocycles. The molecule has 0 atom stereocenters. The lowest BCUT2D eigenvalue weighted by molar-refractivity contribution is 0.0952. The Balaban J connectivity index is 1.82. The van der Waals surface area contributed by atoms with Gasteiger partial charge in [0, 0.05) is 12.1 Å². The van der Waals surface area contributed by atoms with Gasteiger partial charge in [0.15, 0.2) is 0 Å². The quantitative estimate of drug-likeness (QED) is 0.761. The third-order valence-corrected chi connectivity index (χ3v) is 3.97. The van der Waals surface area contributed by atoms with Gasteiger partial charge in [-0.2, -0.15) is 0 Å². The first-order valence-corrected chi connectivity index (χ1v) is 7.47. The molecule has 0 aliphatic rings. The van der Waals surface area contributed by atoms with E-state index in [4.69, 9.17) is 0 Å². The van der Waals surface area contributed by atoms with E-state index in [1.54, 1.807) is 0 Å². The van der Waals surface area contributed by atoms with Crippen molar-refractivity contribution in [3.05, 3.63) is 82.9 Å². The van der Waals surface area contributed by atoms with Gasteiger partial charge in [0.25, 0.3) is 5.91 Å². The van der Waals surface area contributed by atoms with Crippen molar-refractivity contribution >= 4 is 16.7 Å². The van der Waals surface area contributed by atoms with Gasteiger partial charge in [-0.15, -0.1) is 0 Å². The number of hydrogen-bond donors (Lipinski definition) is 1. The number of carbonyl (C=O) groups is 1. The summed E-state index contributed by atoms with van der Waals surface area (Å²) in [6.45, 7) is 4.70. The van der Waals surface area contributed by atoms with Crippen LogP contribution in [0.25, 0.3) is 10.8 Å². The van der Waals surface area contributed by atoms with Crippen molar-refractivity contribution in [3.8, 4) is 0 Å². The standard InChI is InChI=1S/C20H19NO/c1-14-10-11-17(15(2)12-14)13-21-20(22)19-9-5-7-16-6-3-4-8-18(16)19/h3-12H,13H2,1-2H3,(H,21,22). The van der Waals surface area contributed by atoms with Crippen molar-refractivity contribution < 1.29 is 4.79 Å². The predicted octanol–water partition coefficient (Wildman–Crippen LogP) is 4.39. The van der Waals surface area contributed by atoms with E-state index in [9.17, 15) is 4.79 Å². The zero-order valence-corrected chi connectivity index (χ0v) is 12.9. The maximum atomic E-state index is 12.5. The number of hydrogen-bond acceptors (Lipinski definition) is 1. The van der Waals surface area contributed by atoms with Gasteiger partial charge in [-0.3, -0.25) is 4.79 Å². The van der Waals surface area contributed by atoms with Crippen LogP contribution in [-0.4, -0.2) is 5.91 Å². The molecular weight excluding hydrogens is 270 g/mol. The van der Waals surface area contributed by atoms with Gasteiger partial charge < -0.3 is 5.32 Å². The molecule has 110 valence electrons. The van der Waals surface area contributed by atoms with Crippen molar-refractivity contribution in [2.45, 2.75) is 20.4 Å². The first-order valence-electron chi connectivity index (χ1n) is 7.47. The van der Waals surface area contributed by atoms with Crippen LogP contribution in [0.1, 0.15) is 27.0 Å². The van der Waals surface area contributed by atoms with Crippen LogP contribution in [-0.2, 0) is 6.54 Å². The average molecular weight is 289 g/mol. The molecule has 0 spiro atoms. The number of fused-ring (bicyclic) bond motifs is 1. The number of nitrogens with one attached hydrogen (secondary N) is 1.